The normalized spacial score (nSPS) is 22.5. The van der Waals surface area contributed by atoms with Gasteiger partial charge in [0.1, 0.15) is 11.8 Å². The number of para-hydroxylation sites is 1. The first-order chi connectivity index (χ1) is 8.78. The number of nitrogens with one attached hydrogen (secondary N) is 1. The zero-order chi connectivity index (χ0) is 12.5. The van der Waals surface area contributed by atoms with E-state index < -0.39 is 6.10 Å². The summed E-state index contributed by atoms with van der Waals surface area (Å²) in [5.41, 5.74) is 1.05. The summed E-state index contributed by atoms with van der Waals surface area (Å²) in [6.07, 6.45) is 2.16. The molecule has 4 heteroatoms. The average Bonchev–Trinajstić information content (AvgIpc) is 3.13. The number of carbonyl (C=O) groups is 1. The van der Waals surface area contributed by atoms with Gasteiger partial charge in [-0.15, -0.1) is 0 Å². The molecule has 1 saturated carbocycles. The Morgan fingerprint density at radius 3 is 2.89 bits per heavy atom. The molecular formula is C14H14N2O2. The van der Waals surface area contributed by atoms with Gasteiger partial charge >= 0.3 is 0 Å². The summed E-state index contributed by atoms with van der Waals surface area (Å²) >= 11 is 0. The maximum atomic E-state index is 12.0. The summed E-state index contributed by atoms with van der Waals surface area (Å²) in [7, 11) is 0. The number of hydrogen-bond donors (Lipinski definition) is 1. The molecule has 1 N–H and O–H groups in total. The highest BCUT2D eigenvalue weighted by Gasteiger charge is 2.35. The van der Waals surface area contributed by atoms with Crippen LogP contribution in [-0.2, 0) is 11.2 Å². The largest absolute Gasteiger partial charge is 0.480 e. The van der Waals surface area contributed by atoms with Gasteiger partial charge < -0.3 is 10.1 Å². The van der Waals surface area contributed by atoms with Crippen LogP contribution in [-0.4, -0.2) is 18.1 Å². The molecule has 1 amide bonds. The molecule has 0 radical (unpaired) electrons. The van der Waals surface area contributed by atoms with E-state index in [9.17, 15) is 4.79 Å². The highest BCUT2D eigenvalue weighted by Crippen LogP contribution is 2.33. The van der Waals surface area contributed by atoms with E-state index in [1.807, 2.05) is 24.3 Å². The molecule has 1 aromatic rings. The van der Waals surface area contributed by atoms with E-state index in [1.54, 1.807) is 0 Å². The lowest BCUT2D eigenvalue weighted by Crippen LogP contribution is -2.43. The first kappa shape index (κ1) is 11.1. The minimum atomic E-state index is -0.489. The van der Waals surface area contributed by atoms with Gasteiger partial charge in [-0.3, -0.25) is 4.79 Å². The maximum Gasteiger partial charge on any atom is 0.262 e. The molecule has 0 bridgehead atoms. The number of rotatable bonds is 3. The van der Waals surface area contributed by atoms with Gasteiger partial charge in [0.2, 0.25) is 0 Å². The monoisotopic (exact) mass is 242 g/mol. The average molecular weight is 242 g/mol. The van der Waals surface area contributed by atoms with Crippen molar-refractivity contribution in [2.24, 2.45) is 5.92 Å². The van der Waals surface area contributed by atoms with E-state index in [-0.39, 0.29) is 11.9 Å². The van der Waals surface area contributed by atoms with E-state index in [1.165, 1.54) is 0 Å². The van der Waals surface area contributed by atoms with Crippen molar-refractivity contribution in [2.45, 2.75) is 31.4 Å². The van der Waals surface area contributed by atoms with Gasteiger partial charge in [0, 0.05) is 6.42 Å². The zero-order valence-electron chi connectivity index (χ0n) is 9.93. The molecule has 0 saturated heterocycles. The fourth-order valence-corrected chi connectivity index (χ4v) is 2.26. The molecule has 2 atom stereocenters. The van der Waals surface area contributed by atoms with Gasteiger partial charge in [-0.1, -0.05) is 18.2 Å². The molecule has 0 aromatic heterocycles. The number of ether oxygens (including phenoxy) is 1. The Morgan fingerprint density at radius 2 is 2.22 bits per heavy atom. The number of nitrogens with zero attached hydrogens (tertiary/aromatic N) is 1. The summed E-state index contributed by atoms with van der Waals surface area (Å²) < 4.78 is 5.59. The van der Waals surface area contributed by atoms with Crippen LogP contribution in [0.15, 0.2) is 24.3 Å². The number of hydrogen-bond acceptors (Lipinski definition) is 3. The SMILES string of the molecule is N#CC(NC(=O)C1Cc2ccccc2O1)C1CC1. The number of benzene rings is 1. The van der Waals surface area contributed by atoms with Gasteiger partial charge in [0.05, 0.1) is 6.07 Å². The second-order valence-electron chi connectivity index (χ2n) is 4.87. The number of fused-ring (bicyclic) bond motifs is 1. The Morgan fingerprint density at radius 1 is 1.44 bits per heavy atom. The first-order valence-electron chi connectivity index (χ1n) is 6.22. The molecule has 4 nitrogen and oxygen atoms in total. The summed E-state index contributed by atoms with van der Waals surface area (Å²) in [4.78, 5) is 12.0. The van der Waals surface area contributed by atoms with Crippen molar-refractivity contribution >= 4 is 5.91 Å². The van der Waals surface area contributed by atoms with Gasteiger partial charge in [-0.2, -0.15) is 5.26 Å². The summed E-state index contributed by atoms with van der Waals surface area (Å²) in [6, 6.07) is 9.45. The van der Waals surface area contributed by atoms with Crippen molar-refractivity contribution in [3.8, 4) is 11.8 Å². The van der Waals surface area contributed by atoms with Crippen LogP contribution in [0, 0.1) is 17.2 Å². The number of carbonyl (C=O) groups excluding carboxylic acids is 1. The van der Waals surface area contributed by atoms with Crippen LogP contribution >= 0.6 is 0 Å². The molecule has 92 valence electrons. The molecule has 3 rings (SSSR count). The van der Waals surface area contributed by atoms with Gasteiger partial charge in [0.25, 0.3) is 5.91 Å². The molecule has 1 aliphatic carbocycles. The van der Waals surface area contributed by atoms with Crippen molar-refractivity contribution in [2.75, 3.05) is 0 Å². The van der Waals surface area contributed by atoms with Crippen LogP contribution in [0.1, 0.15) is 18.4 Å². The highest BCUT2D eigenvalue weighted by molar-refractivity contribution is 5.83. The molecule has 2 unspecified atom stereocenters. The summed E-state index contributed by atoms with van der Waals surface area (Å²) in [6.45, 7) is 0. The third kappa shape index (κ3) is 2.04. The van der Waals surface area contributed by atoms with Crippen molar-refractivity contribution in [1.82, 2.24) is 5.32 Å². The second-order valence-corrected chi connectivity index (χ2v) is 4.87. The Labute approximate surface area is 106 Å². The Balaban J connectivity index is 1.64. The highest BCUT2D eigenvalue weighted by atomic mass is 16.5. The smallest absolute Gasteiger partial charge is 0.262 e. The Hall–Kier alpha value is -2.02. The summed E-state index contributed by atoms with van der Waals surface area (Å²) in [5.74, 6) is 0.935. The molecule has 0 spiro atoms. The quantitative estimate of drug-likeness (QED) is 0.871. The molecule has 1 aromatic carbocycles. The van der Waals surface area contributed by atoms with Gasteiger partial charge in [-0.05, 0) is 30.4 Å². The third-order valence-electron chi connectivity index (χ3n) is 3.47. The van der Waals surface area contributed by atoms with Crippen molar-refractivity contribution in [1.29, 1.82) is 5.26 Å². The van der Waals surface area contributed by atoms with Crippen molar-refractivity contribution in [3.05, 3.63) is 29.8 Å². The Kier molecular flexibility index (Phi) is 2.67. The lowest BCUT2D eigenvalue weighted by Gasteiger charge is -2.14. The second kappa shape index (κ2) is 4.34. The van der Waals surface area contributed by atoms with Crippen molar-refractivity contribution in [3.63, 3.8) is 0 Å². The third-order valence-corrected chi connectivity index (χ3v) is 3.47. The molecule has 1 aliphatic heterocycles. The van der Waals surface area contributed by atoms with Crippen molar-refractivity contribution < 1.29 is 9.53 Å². The molecule has 1 fully saturated rings. The van der Waals surface area contributed by atoms with Crippen LogP contribution in [0.3, 0.4) is 0 Å². The van der Waals surface area contributed by atoms with E-state index in [0.29, 0.717) is 12.3 Å². The van der Waals surface area contributed by atoms with Crippen LogP contribution in [0.5, 0.6) is 5.75 Å². The fourth-order valence-electron chi connectivity index (χ4n) is 2.26. The lowest BCUT2D eigenvalue weighted by atomic mass is 10.1. The molecule has 1 heterocycles. The van der Waals surface area contributed by atoms with E-state index in [4.69, 9.17) is 10.00 Å². The summed E-state index contributed by atoms with van der Waals surface area (Å²) in [5, 5.41) is 11.8. The van der Waals surface area contributed by atoms with Crippen LogP contribution < -0.4 is 10.1 Å². The number of nitriles is 1. The fraction of sp³-hybridized carbons (Fsp3) is 0.429. The van der Waals surface area contributed by atoms with Gasteiger partial charge in [0.15, 0.2) is 6.10 Å². The molecule has 2 aliphatic rings. The first-order valence-corrected chi connectivity index (χ1v) is 6.22. The van der Waals surface area contributed by atoms with Gasteiger partial charge in [-0.25, -0.2) is 0 Å². The zero-order valence-corrected chi connectivity index (χ0v) is 9.93. The predicted molar refractivity (Wildman–Crippen MR) is 64.8 cm³/mol. The van der Waals surface area contributed by atoms with E-state index >= 15 is 0 Å². The minimum Gasteiger partial charge on any atom is -0.480 e. The minimum absolute atomic E-state index is 0.176. The molecule has 18 heavy (non-hydrogen) atoms. The van der Waals surface area contributed by atoms with Crippen LogP contribution in [0.4, 0.5) is 0 Å². The van der Waals surface area contributed by atoms with E-state index in [0.717, 1.165) is 24.2 Å². The topological polar surface area (TPSA) is 62.1 Å². The molecular weight excluding hydrogens is 228 g/mol. The Bertz CT molecular complexity index is 492. The lowest BCUT2D eigenvalue weighted by molar-refractivity contribution is -0.127. The maximum absolute atomic E-state index is 12.0. The number of amides is 1. The van der Waals surface area contributed by atoms with E-state index in [2.05, 4.69) is 11.4 Å². The standard InChI is InChI=1S/C14H14N2O2/c15-8-11(9-5-6-9)16-14(17)13-7-10-3-1-2-4-12(10)18-13/h1-4,9,11,13H,5-7H2,(H,16,17). The predicted octanol–water partition coefficient (Wildman–Crippen LogP) is 1.41. The van der Waals surface area contributed by atoms with Crippen LogP contribution in [0.25, 0.3) is 0 Å². The van der Waals surface area contributed by atoms with Crippen LogP contribution in [0.2, 0.25) is 0 Å².